The van der Waals surface area contributed by atoms with Crippen LogP contribution >= 0.6 is 0 Å². The highest BCUT2D eigenvalue weighted by atomic mass is 16.5. The van der Waals surface area contributed by atoms with Gasteiger partial charge in [0, 0.05) is 17.3 Å². The van der Waals surface area contributed by atoms with Crippen molar-refractivity contribution in [1.29, 1.82) is 5.26 Å². The number of carbonyl (C=O) groups is 3. The summed E-state index contributed by atoms with van der Waals surface area (Å²) in [6, 6.07) is 2.15. The molecule has 0 aliphatic heterocycles. The molecule has 0 aromatic heterocycles. The smallest absolute Gasteiger partial charge is 0.312 e. The van der Waals surface area contributed by atoms with Crippen molar-refractivity contribution >= 4 is 17.5 Å². The predicted molar refractivity (Wildman–Crippen MR) is 136 cm³/mol. The average Bonchev–Trinajstić information content (AvgIpc) is 2.82. The van der Waals surface area contributed by atoms with Crippen molar-refractivity contribution in [2.75, 3.05) is 7.11 Å². The standard InChI is InChI=1S/C31H41NO4/c1-18-20-8-9-29(5)23(28(20,4)15-19(17-32)25(18)34)14-22(33)24-21-16-27(2,3)10-12-31(21,26(35)36-7)13-11-30(24,29)6/h14-15,18,20-21,24H,8-13,16H2,1-7H3/t18-,20-,21-,24-,28-,29+,30+,31-/m0/s1. The zero-order valence-electron chi connectivity index (χ0n) is 23.0. The van der Waals surface area contributed by atoms with E-state index in [1.807, 2.05) is 19.1 Å². The molecule has 0 aromatic carbocycles. The lowest BCUT2D eigenvalue weighted by atomic mass is 9.35. The SMILES string of the molecule is COC(=O)[C@]12CCC(C)(C)C[C@H]1[C@H]1C(=O)C=C3[C@@]4(C)C=C(C#N)C(=O)[C@@H](C)[C@@H]4CC[C@@]3(C)[C@]1(C)CC2. The van der Waals surface area contributed by atoms with E-state index in [1.54, 1.807) is 0 Å². The molecule has 0 aromatic rings. The van der Waals surface area contributed by atoms with Crippen LogP contribution in [0.1, 0.15) is 86.5 Å². The minimum absolute atomic E-state index is 0.0443. The molecule has 0 bridgehead atoms. The van der Waals surface area contributed by atoms with Crippen molar-refractivity contribution in [1.82, 2.24) is 0 Å². The summed E-state index contributed by atoms with van der Waals surface area (Å²) in [6.07, 6.45) is 9.70. The maximum atomic E-state index is 14.3. The van der Waals surface area contributed by atoms with Crippen LogP contribution in [-0.2, 0) is 19.1 Å². The first kappa shape index (κ1) is 25.4. The van der Waals surface area contributed by atoms with Gasteiger partial charge in [0.25, 0.3) is 0 Å². The third kappa shape index (κ3) is 2.96. The Bertz CT molecular complexity index is 1160. The van der Waals surface area contributed by atoms with Gasteiger partial charge in [0.15, 0.2) is 11.6 Å². The molecule has 36 heavy (non-hydrogen) atoms. The average molecular weight is 492 g/mol. The van der Waals surface area contributed by atoms with E-state index >= 15 is 0 Å². The molecule has 5 rings (SSSR count). The largest absolute Gasteiger partial charge is 0.469 e. The Hall–Kier alpha value is -2.22. The van der Waals surface area contributed by atoms with Gasteiger partial charge < -0.3 is 4.74 Å². The second-order valence-corrected chi connectivity index (χ2v) is 14.1. The summed E-state index contributed by atoms with van der Waals surface area (Å²) in [7, 11) is 1.48. The van der Waals surface area contributed by atoms with E-state index < -0.39 is 10.8 Å². The Morgan fingerprint density at radius 1 is 1.03 bits per heavy atom. The molecular formula is C31H41NO4. The van der Waals surface area contributed by atoms with Gasteiger partial charge in [-0.15, -0.1) is 0 Å². The molecule has 3 fully saturated rings. The number of ether oxygens (including phenoxy) is 1. The first-order chi connectivity index (χ1) is 16.7. The van der Waals surface area contributed by atoms with Gasteiger partial charge >= 0.3 is 5.97 Å². The highest BCUT2D eigenvalue weighted by molar-refractivity contribution is 6.02. The fourth-order valence-corrected chi connectivity index (χ4v) is 9.81. The molecule has 0 amide bonds. The molecule has 194 valence electrons. The van der Waals surface area contributed by atoms with Crippen LogP contribution in [0.2, 0.25) is 0 Å². The maximum absolute atomic E-state index is 14.3. The van der Waals surface area contributed by atoms with Gasteiger partial charge in [-0.05, 0) is 79.1 Å². The second kappa shape index (κ2) is 7.65. The highest BCUT2D eigenvalue weighted by Crippen LogP contribution is 2.73. The van der Waals surface area contributed by atoms with Crippen molar-refractivity contribution < 1.29 is 19.1 Å². The van der Waals surface area contributed by atoms with Crippen molar-refractivity contribution in [2.24, 2.45) is 50.7 Å². The van der Waals surface area contributed by atoms with E-state index in [2.05, 4.69) is 40.7 Å². The number of hydrogen-bond acceptors (Lipinski definition) is 5. The van der Waals surface area contributed by atoms with Gasteiger partial charge in [-0.3, -0.25) is 14.4 Å². The van der Waals surface area contributed by atoms with Crippen molar-refractivity contribution in [3.8, 4) is 6.07 Å². The van der Waals surface area contributed by atoms with E-state index in [0.29, 0.717) is 0 Å². The number of methoxy groups -OCH3 is 1. The summed E-state index contributed by atoms with van der Waals surface area (Å²) >= 11 is 0. The van der Waals surface area contributed by atoms with Crippen LogP contribution in [-0.4, -0.2) is 24.6 Å². The number of nitriles is 1. The van der Waals surface area contributed by atoms with Crippen molar-refractivity contribution in [2.45, 2.75) is 86.5 Å². The van der Waals surface area contributed by atoms with Crippen molar-refractivity contribution in [3.63, 3.8) is 0 Å². The zero-order chi connectivity index (χ0) is 26.5. The lowest BCUT2D eigenvalue weighted by Crippen LogP contribution is -2.65. The van der Waals surface area contributed by atoms with Crippen LogP contribution in [0.3, 0.4) is 0 Å². The minimum atomic E-state index is -0.591. The molecule has 5 nitrogen and oxygen atoms in total. The summed E-state index contributed by atoms with van der Waals surface area (Å²) in [5.74, 6) is -0.522. The summed E-state index contributed by atoms with van der Waals surface area (Å²) in [4.78, 5) is 40.5. The summed E-state index contributed by atoms with van der Waals surface area (Å²) < 4.78 is 5.39. The van der Waals surface area contributed by atoms with E-state index in [0.717, 1.165) is 50.5 Å². The molecule has 0 unspecified atom stereocenters. The zero-order valence-corrected chi connectivity index (χ0v) is 23.0. The number of hydrogen-bond donors (Lipinski definition) is 0. The van der Waals surface area contributed by atoms with Crippen LogP contribution < -0.4 is 0 Å². The third-order valence-electron chi connectivity index (χ3n) is 12.1. The number of nitrogens with zero attached hydrogens (tertiary/aromatic N) is 1. The normalized spacial score (nSPS) is 47.2. The van der Waals surface area contributed by atoms with Gasteiger partial charge in [0.1, 0.15) is 6.07 Å². The van der Waals surface area contributed by atoms with Gasteiger partial charge in [0.05, 0.1) is 18.1 Å². The van der Waals surface area contributed by atoms with E-state index in [1.165, 1.54) is 7.11 Å². The maximum Gasteiger partial charge on any atom is 0.312 e. The molecule has 0 saturated heterocycles. The number of Topliss-reactive ketones (excluding diaryl/α,β-unsaturated/α-hetero) is 1. The number of carbonyl (C=O) groups excluding carboxylic acids is 3. The topological polar surface area (TPSA) is 84.2 Å². The van der Waals surface area contributed by atoms with Crippen LogP contribution in [0.5, 0.6) is 0 Å². The van der Waals surface area contributed by atoms with Gasteiger partial charge in [-0.25, -0.2) is 0 Å². The van der Waals surface area contributed by atoms with Gasteiger partial charge in [-0.2, -0.15) is 5.26 Å². The van der Waals surface area contributed by atoms with Gasteiger partial charge in [0.2, 0.25) is 0 Å². The van der Waals surface area contributed by atoms with Crippen LogP contribution in [0.25, 0.3) is 0 Å². The van der Waals surface area contributed by atoms with Gasteiger partial charge in [-0.1, -0.05) is 53.2 Å². The number of rotatable bonds is 1. The van der Waals surface area contributed by atoms with Crippen molar-refractivity contribution in [3.05, 3.63) is 23.3 Å². The number of ketones is 2. The molecule has 0 heterocycles. The summed E-state index contributed by atoms with van der Waals surface area (Å²) in [5.41, 5.74) is -0.249. The summed E-state index contributed by atoms with van der Waals surface area (Å²) in [5, 5.41) is 9.75. The van der Waals surface area contributed by atoms with E-state index in [9.17, 15) is 19.6 Å². The number of esters is 1. The van der Waals surface area contributed by atoms with Crippen LogP contribution in [0, 0.1) is 62.1 Å². The fourth-order valence-electron chi connectivity index (χ4n) is 9.81. The molecule has 3 saturated carbocycles. The second-order valence-electron chi connectivity index (χ2n) is 14.1. The first-order valence-electron chi connectivity index (χ1n) is 13.7. The Morgan fingerprint density at radius 2 is 1.69 bits per heavy atom. The molecule has 5 heteroatoms. The Morgan fingerprint density at radius 3 is 2.33 bits per heavy atom. The monoisotopic (exact) mass is 491 g/mol. The number of fused-ring (bicyclic) bond motifs is 7. The fraction of sp³-hybridized carbons (Fsp3) is 0.742. The Kier molecular flexibility index (Phi) is 5.40. The Balaban J connectivity index is 1.69. The minimum Gasteiger partial charge on any atom is -0.469 e. The third-order valence-corrected chi connectivity index (χ3v) is 12.1. The molecule has 0 N–H and O–H groups in total. The molecule has 0 spiro atoms. The molecule has 8 atom stereocenters. The first-order valence-corrected chi connectivity index (χ1v) is 13.7. The summed E-state index contributed by atoms with van der Waals surface area (Å²) in [6.45, 7) is 13.2. The molecule has 5 aliphatic rings. The Labute approximate surface area is 215 Å². The van der Waals surface area contributed by atoms with E-state index in [4.69, 9.17) is 4.74 Å². The lowest BCUT2D eigenvalue weighted by Gasteiger charge is -2.68. The lowest BCUT2D eigenvalue weighted by molar-refractivity contribution is -0.190. The van der Waals surface area contributed by atoms with E-state index in [-0.39, 0.29) is 63.0 Å². The molecule has 5 aliphatic carbocycles. The quantitative estimate of drug-likeness (QED) is 0.421. The number of allylic oxidation sites excluding steroid dienone is 4. The highest BCUT2D eigenvalue weighted by Gasteiger charge is 2.70. The molecular weight excluding hydrogens is 450 g/mol. The predicted octanol–water partition coefficient (Wildman–Crippen LogP) is 5.99. The molecule has 0 radical (unpaired) electrons. The van der Waals surface area contributed by atoms with Crippen LogP contribution in [0.15, 0.2) is 23.3 Å². The van der Waals surface area contributed by atoms with Crippen LogP contribution in [0.4, 0.5) is 0 Å².